The maximum atomic E-state index is 12.9. The summed E-state index contributed by atoms with van der Waals surface area (Å²) in [7, 11) is 1.66. The topological polar surface area (TPSA) is 83.6 Å². The predicted molar refractivity (Wildman–Crippen MR) is 150 cm³/mol. The lowest BCUT2D eigenvalue weighted by molar-refractivity contribution is 0.0105. The molecule has 3 saturated heterocycles. The number of ether oxygens (including phenoxy) is 1. The Bertz CT molecular complexity index is 1380. The minimum Gasteiger partial charge on any atom is -0.497 e. The maximum Gasteiger partial charge on any atom is 0.253 e. The third-order valence-electron chi connectivity index (χ3n) is 8.73. The predicted octanol–water partition coefficient (Wildman–Crippen LogP) is 4.74. The molecule has 2 N–H and O–H groups in total. The molecule has 4 unspecified atom stereocenters. The molecular formula is C30H38N4O3. The first-order valence-electron chi connectivity index (χ1n) is 13.3. The number of rotatable bonds is 8. The average molecular weight is 503 g/mol. The summed E-state index contributed by atoms with van der Waals surface area (Å²) in [5.41, 5.74) is 1.74. The molecule has 3 aliphatic rings. The van der Waals surface area contributed by atoms with Gasteiger partial charge in [0, 0.05) is 30.2 Å². The van der Waals surface area contributed by atoms with Crippen molar-refractivity contribution in [3.8, 4) is 5.75 Å². The van der Waals surface area contributed by atoms with Crippen LogP contribution in [0.1, 0.15) is 52.1 Å². The zero-order valence-electron chi connectivity index (χ0n) is 22.5. The Hall–Kier alpha value is -3.19. The fourth-order valence-corrected chi connectivity index (χ4v) is 5.91. The van der Waals surface area contributed by atoms with Gasteiger partial charge in [-0.15, -0.1) is 6.58 Å². The van der Waals surface area contributed by atoms with Crippen molar-refractivity contribution in [2.75, 3.05) is 30.8 Å². The molecule has 1 aromatic heterocycles. The molecule has 0 spiro atoms. The van der Waals surface area contributed by atoms with Crippen LogP contribution in [0.4, 0.5) is 11.4 Å². The van der Waals surface area contributed by atoms with E-state index >= 15 is 0 Å². The number of methoxy groups -OCH3 is 1. The van der Waals surface area contributed by atoms with E-state index in [0.29, 0.717) is 23.2 Å². The molecule has 37 heavy (non-hydrogen) atoms. The summed E-state index contributed by atoms with van der Waals surface area (Å²) in [4.78, 5) is 32.7. The molecule has 0 radical (unpaired) electrons. The Balaban J connectivity index is 1.58. The van der Waals surface area contributed by atoms with E-state index in [1.165, 1.54) is 0 Å². The van der Waals surface area contributed by atoms with Gasteiger partial charge in [-0.2, -0.15) is 0 Å². The average Bonchev–Trinajstić information content (AvgIpc) is 2.91. The SMILES string of the molecule is C=CC1CN2CCC1CC2[C@@H](Nc1c(N[C@H](C)C(C)(C)C)c(=O)c1=O)c1ccnc2ccc(OC)cc12. The van der Waals surface area contributed by atoms with E-state index in [9.17, 15) is 9.59 Å². The Morgan fingerprint density at radius 2 is 1.89 bits per heavy atom. The van der Waals surface area contributed by atoms with Gasteiger partial charge >= 0.3 is 0 Å². The van der Waals surface area contributed by atoms with Gasteiger partial charge in [0.05, 0.1) is 18.7 Å². The van der Waals surface area contributed by atoms with Gasteiger partial charge in [-0.05, 0) is 73.4 Å². The van der Waals surface area contributed by atoms with Gasteiger partial charge in [0.2, 0.25) is 0 Å². The van der Waals surface area contributed by atoms with Gasteiger partial charge < -0.3 is 15.4 Å². The van der Waals surface area contributed by atoms with Gasteiger partial charge in [-0.1, -0.05) is 26.8 Å². The molecule has 3 aliphatic heterocycles. The van der Waals surface area contributed by atoms with Crippen LogP contribution in [0, 0.1) is 17.3 Å². The first-order valence-corrected chi connectivity index (χ1v) is 13.3. The van der Waals surface area contributed by atoms with E-state index < -0.39 is 10.9 Å². The minimum absolute atomic E-state index is 0.0172. The molecule has 3 fully saturated rings. The van der Waals surface area contributed by atoms with Crippen molar-refractivity contribution in [1.29, 1.82) is 0 Å². The molecule has 0 aliphatic carbocycles. The van der Waals surface area contributed by atoms with Crippen molar-refractivity contribution < 1.29 is 4.74 Å². The lowest BCUT2D eigenvalue weighted by Gasteiger charge is -2.52. The second-order valence-corrected chi connectivity index (χ2v) is 11.8. The molecule has 196 valence electrons. The van der Waals surface area contributed by atoms with Crippen molar-refractivity contribution in [2.24, 2.45) is 17.3 Å². The van der Waals surface area contributed by atoms with E-state index in [1.807, 2.05) is 37.4 Å². The van der Waals surface area contributed by atoms with Crippen LogP contribution in [0.25, 0.3) is 10.9 Å². The molecule has 7 heteroatoms. The van der Waals surface area contributed by atoms with Gasteiger partial charge in [-0.25, -0.2) is 0 Å². The second-order valence-electron chi connectivity index (χ2n) is 11.8. The Kier molecular flexibility index (Phi) is 6.61. The standard InChI is InChI=1S/C30H38N4O3/c1-7-18-16-34-13-11-19(18)14-24(34)25(21-10-12-31-23-9-8-20(37-6)15-22(21)23)33-27-26(28(35)29(27)36)32-17(2)30(3,4)5/h7-10,12,15,17-19,24-25,32-33H,1,11,13-14,16H2,2-6H3/t17-,18?,19?,24?,25+/m1/s1. The van der Waals surface area contributed by atoms with Crippen LogP contribution in [0.5, 0.6) is 5.75 Å². The van der Waals surface area contributed by atoms with Crippen LogP contribution in [0.3, 0.4) is 0 Å². The van der Waals surface area contributed by atoms with E-state index in [-0.39, 0.29) is 23.5 Å². The molecule has 4 heterocycles. The number of nitrogens with one attached hydrogen (secondary N) is 2. The third-order valence-corrected chi connectivity index (χ3v) is 8.73. The molecule has 6 rings (SSSR count). The quantitative estimate of drug-likeness (QED) is 0.340. The number of nitrogens with zero attached hydrogens (tertiary/aromatic N) is 2. The number of benzene rings is 1. The van der Waals surface area contributed by atoms with Gasteiger partial charge in [-0.3, -0.25) is 19.5 Å². The van der Waals surface area contributed by atoms with Crippen molar-refractivity contribution in [1.82, 2.24) is 9.88 Å². The molecule has 2 bridgehead atoms. The summed E-state index contributed by atoms with van der Waals surface area (Å²) in [6.45, 7) is 14.4. The van der Waals surface area contributed by atoms with Crippen LogP contribution in [0.15, 0.2) is 52.7 Å². The number of aromatic nitrogens is 1. The van der Waals surface area contributed by atoms with Crippen LogP contribution in [-0.4, -0.2) is 42.2 Å². The summed E-state index contributed by atoms with van der Waals surface area (Å²) < 4.78 is 5.53. The highest BCUT2D eigenvalue weighted by Gasteiger charge is 2.43. The second kappa shape index (κ2) is 9.60. The molecule has 2 aromatic carbocycles. The molecule has 0 amide bonds. The number of hydrogen-bond acceptors (Lipinski definition) is 7. The highest BCUT2D eigenvalue weighted by Crippen LogP contribution is 2.44. The van der Waals surface area contributed by atoms with Crippen LogP contribution < -0.4 is 26.2 Å². The highest BCUT2D eigenvalue weighted by molar-refractivity contribution is 5.85. The van der Waals surface area contributed by atoms with Crippen LogP contribution in [0.2, 0.25) is 0 Å². The Labute approximate surface area is 218 Å². The number of anilines is 2. The summed E-state index contributed by atoms with van der Waals surface area (Å²) in [6, 6.07) is 7.91. The number of pyridine rings is 1. The fraction of sp³-hybridized carbons (Fsp3) is 0.500. The van der Waals surface area contributed by atoms with Crippen molar-refractivity contribution in [3.63, 3.8) is 0 Å². The van der Waals surface area contributed by atoms with Crippen LogP contribution in [-0.2, 0) is 0 Å². The normalized spacial score (nSPS) is 25.1. The zero-order valence-corrected chi connectivity index (χ0v) is 22.5. The van der Waals surface area contributed by atoms with Crippen molar-refractivity contribution >= 4 is 22.3 Å². The largest absolute Gasteiger partial charge is 0.497 e. The summed E-state index contributed by atoms with van der Waals surface area (Å²) in [5, 5.41) is 7.91. The third kappa shape index (κ3) is 4.54. The van der Waals surface area contributed by atoms with Crippen LogP contribution >= 0.6 is 0 Å². The summed E-state index contributed by atoms with van der Waals surface area (Å²) in [6.07, 6.45) is 6.07. The molecule has 3 aromatic rings. The van der Waals surface area contributed by atoms with Crippen molar-refractivity contribution in [3.05, 3.63) is 69.1 Å². The number of piperidine rings is 3. The van der Waals surface area contributed by atoms with E-state index in [4.69, 9.17) is 4.74 Å². The molecular weight excluding hydrogens is 464 g/mol. The summed E-state index contributed by atoms with van der Waals surface area (Å²) in [5.74, 6) is 1.80. The number of fused-ring (bicyclic) bond motifs is 4. The van der Waals surface area contributed by atoms with E-state index in [1.54, 1.807) is 7.11 Å². The van der Waals surface area contributed by atoms with Gasteiger partial charge in [0.15, 0.2) is 0 Å². The first kappa shape index (κ1) is 25.5. The Morgan fingerprint density at radius 3 is 2.51 bits per heavy atom. The number of hydrogen-bond donors (Lipinski definition) is 2. The maximum absolute atomic E-state index is 12.9. The molecule has 7 nitrogen and oxygen atoms in total. The minimum atomic E-state index is -0.454. The fourth-order valence-electron chi connectivity index (χ4n) is 5.91. The first-order chi connectivity index (χ1) is 17.6. The van der Waals surface area contributed by atoms with E-state index in [2.05, 4.69) is 53.9 Å². The highest BCUT2D eigenvalue weighted by atomic mass is 16.5. The lowest BCUT2D eigenvalue weighted by atomic mass is 9.73. The van der Waals surface area contributed by atoms with Gasteiger partial charge in [0.25, 0.3) is 10.9 Å². The molecule has 0 saturated carbocycles. The Morgan fingerprint density at radius 1 is 1.16 bits per heavy atom. The zero-order chi connectivity index (χ0) is 26.5. The van der Waals surface area contributed by atoms with Crippen molar-refractivity contribution in [2.45, 2.75) is 58.7 Å². The van der Waals surface area contributed by atoms with Gasteiger partial charge in [0.1, 0.15) is 17.1 Å². The summed E-state index contributed by atoms with van der Waals surface area (Å²) >= 11 is 0. The lowest BCUT2D eigenvalue weighted by Crippen LogP contribution is -2.56. The monoisotopic (exact) mass is 502 g/mol. The molecule has 6 atom stereocenters. The smallest absolute Gasteiger partial charge is 0.253 e. The van der Waals surface area contributed by atoms with E-state index in [0.717, 1.165) is 48.1 Å².